The Hall–Kier alpha value is -1.27. The normalized spacial score (nSPS) is 17.4. The van der Waals surface area contributed by atoms with Gasteiger partial charge in [0.05, 0.1) is 0 Å². The summed E-state index contributed by atoms with van der Waals surface area (Å²) < 4.78 is 43.1. The number of hydrogen-bond donors (Lipinski definition) is 1. The number of aliphatic carboxylic acids is 1. The highest BCUT2D eigenvalue weighted by Crippen LogP contribution is 2.44. The second-order valence-electron chi connectivity index (χ2n) is 4.28. The first-order chi connectivity index (χ1) is 7.44. The van der Waals surface area contributed by atoms with Gasteiger partial charge in [-0.1, -0.05) is 13.8 Å². The van der Waals surface area contributed by atoms with E-state index < -0.39 is 35.6 Å². The fourth-order valence-corrected chi connectivity index (χ4v) is 1.50. The van der Waals surface area contributed by atoms with Crippen LogP contribution in [-0.4, -0.2) is 29.3 Å². The van der Waals surface area contributed by atoms with E-state index >= 15 is 0 Å². The molecule has 0 rings (SSSR count). The molecule has 0 aromatic rings. The molecule has 0 aliphatic carbocycles. The largest absolute Gasteiger partial charge is 0.480 e. The number of carboxylic acid groups (broad SMARTS) is 1. The zero-order chi connectivity index (χ0) is 14.0. The molecule has 0 aliphatic heterocycles. The lowest BCUT2D eigenvalue weighted by Gasteiger charge is -2.36. The van der Waals surface area contributed by atoms with Crippen LogP contribution in [0, 0.1) is 11.3 Å². The van der Waals surface area contributed by atoms with Gasteiger partial charge < -0.3 is 9.84 Å². The molecule has 0 amide bonds. The van der Waals surface area contributed by atoms with Gasteiger partial charge in [0.1, 0.15) is 6.10 Å². The lowest BCUT2D eigenvalue weighted by molar-refractivity contribution is -0.258. The first-order valence-electron chi connectivity index (χ1n) is 4.92. The number of ether oxygens (including phenoxy) is 1. The summed E-state index contributed by atoms with van der Waals surface area (Å²) in [6.45, 7) is 4.18. The number of hydrogen-bond acceptors (Lipinski definition) is 3. The summed E-state index contributed by atoms with van der Waals surface area (Å²) in [7, 11) is 0. The van der Waals surface area contributed by atoms with E-state index in [-0.39, 0.29) is 0 Å². The van der Waals surface area contributed by atoms with E-state index in [0.29, 0.717) is 6.92 Å². The molecule has 0 aromatic carbocycles. The Kier molecular flexibility index (Phi) is 4.56. The molecule has 4 nitrogen and oxygen atoms in total. The van der Waals surface area contributed by atoms with Crippen LogP contribution in [0.15, 0.2) is 0 Å². The molecule has 100 valence electrons. The Balaban J connectivity index is 5.55. The third-order valence-corrected chi connectivity index (χ3v) is 2.50. The first kappa shape index (κ1) is 15.7. The van der Waals surface area contributed by atoms with Crippen molar-refractivity contribution in [1.82, 2.24) is 0 Å². The Bertz CT molecular complexity index is 311. The van der Waals surface area contributed by atoms with Gasteiger partial charge >= 0.3 is 18.1 Å². The summed E-state index contributed by atoms with van der Waals surface area (Å²) in [5, 5.41) is 8.79. The summed E-state index contributed by atoms with van der Waals surface area (Å²) in [6.07, 6.45) is -6.78. The molecule has 0 aromatic heterocycles. The van der Waals surface area contributed by atoms with Gasteiger partial charge in [-0.3, -0.25) is 9.59 Å². The quantitative estimate of drug-likeness (QED) is 0.783. The lowest BCUT2D eigenvalue weighted by Crippen LogP contribution is -2.54. The molecule has 2 atom stereocenters. The van der Waals surface area contributed by atoms with E-state index in [1.54, 1.807) is 0 Å². The zero-order valence-corrected chi connectivity index (χ0v) is 9.96. The SMILES string of the molecule is CC(=O)OC(C(C)C)C(C)(C(=O)O)C(F)(F)F. The van der Waals surface area contributed by atoms with Crippen molar-refractivity contribution in [3.05, 3.63) is 0 Å². The van der Waals surface area contributed by atoms with Crippen molar-refractivity contribution in [1.29, 1.82) is 0 Å². The van der Waals surface area contributed by atoms with E-state index in [1.165, 1.54) is 13.8 Å². The van der Waals surface area contributed by atoms with E-state index in [9.17, 15) is 22.8 Å². The van der Waals surface area contributed by atoms with Gasteiger partial charge in [-0.05, 0) is 12.8 Å². The average Bonchev–Trinajstić information content (AvgIpc) is 2.09. The number of rotatable bonds is 4. The summed E-state index contributed by atoms with van der Waals surface area (Å²) in [6, 6.07) is 0. The molecule has 0 radical (unpaired) electrons. The van der Waals surface area contributed by atoms with E-state index in [4.69, 9.17) is 5.11 Å². The zero-order valence-electron chi connectivity index (χ0n) is 9.96. The van der Waals surface area contributed by atoms with E-state index in [0.717, 1.165) is 6.92 Å². The van der Waals surface area contributed by atoms with Crippen LogP contribution in [0.2, 0.25) is 0 Å². The average molecular weight is 256 g/mol. The summed E-state index contributed by atoms with van der Waals surface area (Å²) >= 11 is 0. The summed E-state index contributed by atoms with van der Waals surface area (Å²) in [4.78, 5) is 21.7. The summed E-state index contributed by atoms with van der Waals surface area (Å²) in [5.74, 6) is -3.79. The molecule has 0 saturated heterocycles. The van der Waals surface area contributed by atoms with Crippen LogP contribution in [0.25, 0.3) is 0 Å². The molecule has 7 heteroatoms. The molecular formula is C10H15F3O4. The maximum absolute atomic E-state index is 12.8. The number of halogens is 3. The van der Waals surface area contributed by atoms with Gasteiger partial charge in [-0.2, -0.15) is 13.2 Å². The van der Waals surface area contributed by atoms with Gasteiger partial charge in [-0.15, -0.1) is 0 Å². The van der Waals surface area contributed by atoms with Crippen LogP contribution in [0.5, 0.6) is 0 Å². The number of carbonyl (C=O) groups is 2. The molecular weight excluding hydrogens is 241 g/mol. The van der Waals surface area contributed by atoms with Crippen LogP contribution in [0.1, 0.15) is 27.7 Å². The van der Waals surface area contributed by atoms with Crippen molar-refractivity contribution in [2.24, 2.45) is 11.3 Å². The molecule has 17 heavy (non-hydrogen) atoms. The molecule has 0 aliphatic rings. The second kappa shape index (κ2) is 4.93. The first-order valence-corrected chi connectivity index (χ1v) is 4.92. The lowest BCUT2D eigenvalue weighted by atomic mass is 9.78. The van der Waals surface area contributed by atoms with Crippen LogP contribution < -0.4 is 0 Å². The fourth-order valence-electron chi connectivity index (χ4n) is 1.50. The van der Waals surface area contributed by atoms with Crippen LogP contribution in [0.4, 0.5) is 13.2 Å². The topological polar surface area (TPSA) is 63.6 Å². The smallest absolute Gasteiger partial charge is 0.408 e. The summed E-state index contributed by atoms with van der Waals surface area (Å²) in [5.41, 5.74) is -3.12. The second-order valence-corrected chi connectivity index (χ2v) is 4.28. The Labute approximate surface area is 96.8 Å². The van der Waals surface area contributed by atoms with Gasteiger partial charge in [0.15, 0.2) is 5.41 Å². The standard InChI is InChI=1S/C10H15F3O4/c1-5(2)7(17-6(3)14)9(4,8(15)16)10(11,12)13/h5,7H,1-4H3,(H,15,16). The van der Waals surface area contributed by atoms with Crippen molar-refractivity contribution in [3.63, 3.8) is 0 Å². The van der Waals surface area contributed by atoms with Crippen LogP contribution in [-0.2, 0) is 14.3 Å². The van der Waals surface area contributed by atoms with Crippen molar-refractivity contribution in [3.8, 4) is 0 Å². The number of esters is 1. The van der Waals surface area contributed by atoms with Gasteiger partial charge in [0.2, 0.25) is 0 Å². The van der Waals surface area contributed by atoms with Crippen LogP contribution >= 0.6 is 0 Å². The molecule has 0 saturated carbocycles. The maximum atomic E-state index is 12.8. The highest BCUT2D eigenvalue weighted by Gasteiger charge is 2.64. The Morgan fingerprint density at radius 1 is 1.24 bits per heavy atom. The molecule has 2 unspecified atom stereocenters. The third kappa shape index (κ3) is 3.10. The van der Waals surface area contributed by atoms with Crippen molar-refractivity contribution in [2.45, 2.75) is 40.0 Å². The maximum Gasteiger partial charge on any atom is 0.408 e. The minimum Gasteiger partial charge on any atom is -0.480 e. The minimum atomic E-state index is -5.01. The van der Waals surface area contributed by atoms with E-state index in [2.05, 4.69) is 4.74 Å². The Morgan fingerprint density at radius 2 is 1.65 bits per heavy atom. The highest BCUT2D eigenvalue weighted by molar-refractivity contribution is 5.77. The monoisotopic (exact) mass is 256 g/mol. The molecule has 1 N–H and O–H groups in total. The molecule has 0 fully saturated rings. The van der Waals surface area contributed by atoms with Gasteiger partial charge in [0.25, 0.3) is 0 Å². The molecule has 0 heterocycles. The van der Waals surface area contributed by atoms with Crippen LogP contribution in [0.3, 0.4) is 0 Å². The molecule has 0 bridgehead atoms. The predicted molar refractivity (Wildman–Crippen MR) is 52.2 cm³/mol. The highest BCUT2D eigenvalue weighted by atomic mass is 19.4. The fraction of sp³-hybridized carbons (Fsp3) is 0.800. The van der Waals surface area contributed by atoms with Gasteiger partial charge in [0, 0.05) is 6.92 Å². The van der Waals surface area contributed by atoms with E-state index in [1.807, 2.05) is 0 Å². The number of carbonyl (C=O) groups excluding carboxylic acids is 1. The molecule has 0 spiro atoms. The van der Waals surface area contributed by atoms with Crippen molar-refractivity contribution in [2.75, 3.05) is 0 Å². The predicted octanol–water partition coefficient (Wildman–Crippen LogP) is 2.23. The van der Waals surface area contributed by atoms with Crippen molar-refractivity contribution >= 4 is 11.9 Å². The Morgan fingerprint density at radius 3 is 1.82 bits per heavy atom. The third-order valence-electron chi connectivity index (χ3n) is 2.50. The number of carboxylic acids is 1. The van der Waals surface area contributed by atoms with Crippen molar-refractivity contribution < 1.29 is 32.6 Å². The minimum absolute atomic E-state index is 0.517. The number of alkyl halides is 3. The van der Waals surface area contributed by atoms with Gasteiger partial charge in [-0.25, -0.2) is 0 Å².